The molecule has 4 heterocycles. The third-order valence-corrected chi connectivity index (χ3v) is 6.99. The zero-order valence-corrected chi connectivity index (χ0v) is 22.8. The molecule has 0 spiro atoms. The Kier molecular flexibility index (Phi) is 8.55. The lowest BCUT2D eigenvalue weighted by molar-refractivity contribution is -0.148. The predicted molar refractivity (Wildman–Crippen MR) is 147 cm³/mol. The average molecular weight is 566 g/mol. The summed E-state index contributed by atoms with van der Waals surface area (Å²) in [7, 11) is 1.52. The number of nitrogens with zero attached hydrogens (tertiary/aromatic N) is 5. The van der Waals surface area contributed by atoms with Gasteiger partial charge >= 0.3 is 0 Å². The first-order chi connectivity index (χ1) is 19.9. The number of aromatic nitrogens is 3. The summed E-state index contributed by atoms with van der Waals surface area (Å²) in [5.74, 6) is 0.0930. The molecule has 216 valence electrons. The minimum atomic E-state index is -1.01. The zero-order chi connectivity index (χ0) is 28.9. The predicted octanol–water partition coefficient (Wildman–Crippen LogP) is 1.75. The van der Waals surface area contributed by atoms with Crippen molar-refractivity contribution in [3.05, 3.63) is 64.7 Å². The van der Waals surface area contributed by atoms with Crippen molar-refractivity contribution in [2.24, 2.45) is 5.16 Å². The summed E-state index contributed by atoms with van der Waals surface area (Å²) in [5, 5.41) is 17.4. The second-order valence-corrected chi connectivity index (χ2v) is 9.67. The molecule has 1 saturated heterocycles. The van der Waals surface area contributed by atoms with E-state index in [1.165, 1.54) is 19.2 Å². The Morgan fingerprint density at radius 2 is 2.07 bits per heavy atom. The number of amidine groups is 1. The van der Waals surface area contributed by atoms with E-state index in [1.807, 2.05) is 0 Å². The van der Waals surface area contributed by atoms with Crippen molar-refractivity contribution in [3.63, 3.8) is 0 Å². The van der Waals surface area contributed by atoms with Crippen LogP contribution in [0, 0.1) is 12.7 Å². The first-order valence-corrected chi connectivity index (χ1v) is 13.3. The molecule has 3 aromatic rings. The molecule has 41 heavy (non-hydrogen) atoms. The normalized spacial score (nSPS) is 18.4. The maximum atomic E-state index is 14.5. The minimum Gasteiger partial charge on any atom is -0.481 e. The number of halogens is 1. The molecular weight excluding hydrogens is 533 g/mol. The number of nitrogens with two attached hydrogens (primary N) is 1. The number of oxime groups is 1. The number of morpholine rings is 1. The van der Waals surface area contributed by atoms with E-state index in [9.17, 15) is 14.3 Å². The lowest BCUT2D eigenvalue weighted by Crippen LogP contribution is -2.46. The van der Waals surface area contributed by atoms with E-state index < -0.39 is 18.0 Å². The van der Waals surface area contributed by atoms with Gasteiger partial charge in [0.15, 0.2) is 5.84 Å². The van der Waals surface area contributed by atoms with Crippen molar-refractivity contribution in [2.75, 3.05) is 45.8 Å². The number of anilines is 1. The monoisotopic (exact) mass is 565 g/mol. The average Bonchev–Trinajstić information content (AvgIpc) is 2.98. The molecule has 0 bridgehead atoms. The number of carbonyl (C=O) groups is 1. The van der Waals surface area contributed by atoms with Crippen LogP contribution in [-0.4, -0.2) is 82.8 Å². The summed E-state index contributed by atoms with van der Waals surface area (Å²) < 4.78 is 25.1. The number of benzene rings is 1. The van der Waals surface area contributed by atoms with E-state index >= 15 is 0 Å². The largest absolute Gasteiger partial charge is 0.481 e. The van der Waals surface area contributed by atoms with E-state index in [0.29, 0.717) is 72.6 Å². The highest BCUT2D eigenvalue weighted by molar-refractivity contribution is 6.02. The Hall–Kier alpha value is -4.36. The maximum Gasteiger partial charge on any atom is 0.266 e. The Morgan fingerprint density at radius 3 is 2.83 bits per heavy atom. The second-order valence-electron chi connectivity index (χ2n) is 9.67. The van der Waals surface area contributed by atoms with E-state index in [0.717, 1.165) is 5.56 Å². The smallest absolute Gasteiger partial charge is 0.266 e. The molecule has 2 atom stereocenters. The fourth-order valence-corrected chi connectivity index (χ4v) is 5.03. The highest BCUT2D eigenvalue weighted by Crippen LogP contribution is 2.34. The molecular formula is C28H32FN7O5. The number of hydrogen-bond donors (Lipinski definition) is 3. The molecule has 1 unspecified atom stereocenters. The molecule has 0 radical (unpaired) electrons. The second kappa shape index (κ2) is 12.4. The Balaban J connectivity index is 1.52. The van der Waals surface area contributed by atoms with Gasteiger partial charge in [0.2, 0.25) is 17.9 Å². The number of nitrogen functional groups attached to an aromatic ring is 1. The molecule has 1 aromatic carbocycles. The van der Waals surface area contributed by atoms with Crippen LogP contribution in [0.4, 0.5) is 10.3 Å². The van der Waals surface area contributed by atoms with Gasteiger partial charge in [-0.3, -0.25) is 4.79 Å². The molecule has 0 aliphatic carbocycles. The van der Waals surface area contributed by atoms with Gasteiger partial charge in [-0.1, -0.05) is 17.3 Å². The van der Waals surface area contributed by atoms with Crippen LogP contribution in [0.5, 0.6) is 5.88 Å². The number of hydrogen-bond acceptors (Lipinski definition) is 10. The van der Waals surface area contributed by atoms with Crippen molar-refractivity contribution in [1.82, 2.24) is 25.2 Å². The number of ether oxygens (including phenoxy) is 2. The summed E-state index contributed by atoms with van der Waals surface area (Å²) >= 11 is 0. The number of methoxy groups -OCH3 is 1. The lowest BCUT2D eigenvalue weighted by Gasteiger charge is -2.31. The van der Waals surface area contributed by atoms with E-state index in [1.54, 1.807) is 36.1 Å². The first kappa shape index (κ1) is 28.2. The Bertz CT molecular complexity index is 1450. The SMILES string of the molecule is COc1cccc(-c2cc(F)ccc2[C@H]2Cc3nc(N)nc(C)c3/C(=N/OC(CCO)C(=O)N3CCOCC3)N2)n1. The molecule has 13 heteroatoms. The highest BCUT2D eigenvalue weighted by Gasteiger charge is 2.32. The summed E-state index contributed by atoms with van der Waals surface area (Å²) in [6.07, 6.45) is -0.560. The number of aryl methyl sites for hydroxylation is 1. The molecule has 4 N–H and O–H groups in total. The first-order valence-electron chi connectivity index (χ1n) is 13.3. The van der Waals surface area contributed by atoms with Gasteiger partial charge in [-0.05, 0) is 30.7 Å². The van der Waals surface area contributed by atoms with Crippen molar-refractivity contribution in [2.45, 2.75) is 31.9 Å². The van der Waals surface area contributed by atoms with Gasteiger partial charge in [0.1, 0.15) is 5.82 Å². The standard InChI is InChI=1S/C28H32FN7O5/c1-16-25-22(34-28(30)31-16)15-21(18-7-6-17(29)14-19(18)20-4-3-5-24(32-20)39-2)33-26(25)35-41-23(8-11-37)27(38)36-9-12-40-13-10-36/h3-7,14,21,23,37H,8-13,15H2,1-2H3,(H,33,35)(H2,30,31,34)/t21-,23?/m1/s1. The summed E-state index contributed by atoms with van der Waals surface area (Å²) in [6.45, 7) is 3.25. The van der Waals surface area contributed by atoms with Crippen molar-refractivity contribution < 1.29 is 28.6 Å². The van der Waals surface area contributed by atoms with Crippen LogP contribution < -0.4 is 15.8 Å². The number of aliphatic hydroxyl groups is 1. The molecule has 1 amide bonds. The number of aliphatic hydroxyl groups excluding tert-OH is 1. The number of amides is 1. The Labute approximate surface area is 236 Å². The van der Waals surface area contributed by atoms with Crippen LogP contribution in [0.1, 0.15) is 35.0 Å². The van der Waals surface area contributed by atoms with Crippen LogP contribution >= 0.6 is 0 Å². The van der Waals surface area contributed by atoms with Gasteiger partial charge in [-0.15, -0.1) is 0 Å². The minimum absolute atomic E-state index is 0.0596. The van der Waals surface area contributed by atoms with Crippen LogP contribution in [0.2, 0.25) is 0 Å². The van der Waals surface area contributed by atoms with Crippen LogP contribution in [0.3, 0.4) is 0 Å². The molecule has 2 aliphatic rings. The summed E-state index contributed by atoms with van der Waals surface area (Å²) in [6, 6.07) is 9.31. The molecule has 2 aliphatic heterocycles. The summed E-state index contributed by atoms with van der Waals surface area (Å²) in [5.41, 5.74) is 9.61. The maximum absolute atomic E-state index is 14.5. The summed E-state index contributed by atoms with van der Waals surface area (Å²) in [4.78, 5) is 33.8. The quantitative estimate of drug-likeness (QED) is 0.344. The van der Waals surface area contributed by atoms with Gasteiger partial charge in [-0.2, -0.15) is 0 Å². The number of rotatable bonds is 8. The van der Waals surface area contributed by atoms with E-state index in [-0.39, 0.29) is 24.9 Å². The number of carbonyl (C=O) groups excluding carboxylic acids is 1. The van der Waals surface area contributed by atoms with Crippen LogP contribution in [0.15, 0.2) is 41.6 Å². The van der Waals surface area contributed by atoms with Gasteiger partial charge in [0, 0.05) is 44.2 Å². The Morgan fingerprint density at radius 1 is 1.27 bits per heavy atom. The third-order valence-electron chi connectivity index (χ3n) is 6.99. The lowest BCUT2D eigenvalue weighted by atomic mass is 9.90. The van der Waals surface area contributed by atoms with Crippen molar-refractivity contribution in [3.8, 4) is 17.1 Å². The molecule has 2 aromatic heterocycles. The van der Waals surface area contributed by atoms with Crippen LogP contribution in [-0.2, 0) is 20.8 Å². The molecule has 5 rings (SSSR count). The number of fused-ring (bicyclic) bond motifs is 1. The fourth-order valence-electron chi connectivity index (χ4n) is 5.03. The fraction of sp³-hybridized carbons (Fsp3) is 0.393. The third kappa shape index (κ3) is 6.20. The van der Waals surface area contributed by atoms with Crippen LogP contribution in [0.25, 0.3) is 11.3 Å². The van der Waals surface area contributed by atoms with E-state index in [2.05, 4.69) is 25.4 Å². The zero-order valence-electron chi connectivity index (χ0n) is 22.8. The van der Waals surface area contributed by atoms with Crippen molar-refractivity contribution >= 4 is 17.7 Å². The number of pyridine rings is 1. The van der Waals surface area contributed by atoms with E-state index in [4.69, 9.17) is 20.0 Å². The topological polar surface area (TPSA) is 157 Å². The molecule has 12 nitrogen and oxygen atoms in total. The number of nitrogens with one attached hydrogen (secondary N) is 1. The van der Waals surface area contributed by atoms with Gasteiger partial charge in [0.05, 0.1) is 49.0 Å². The highest BCUT2D eigenvalue weighted by atomic mass is 19.1. The van der Waals surface area contributed by atoms with Crippen molar-refractivity contribution in [1.29, 1.82) is 0 Å². The van der Waals surface area contributed by atoms with Gasteiger partial charge in [0.25, 0.3) is 5.91 Å². The molecule has 1 fully saturated rings. The van der Waals surface area contributed by atoms with Gasteiger partial charge in [-0.25, -0.2) is 19.3 Å². The van der Waals surface area contributed by atoms with Gasteiger partial charge < -0.3 is 35.4 Å². The molecule has 0 saturated carbocycles.